The van der Waals surface area contributed by atoms with Crippen molar-refractivity contribution in [2.24, 2.45) is 11.7 Å². The summed E-state index contributed by atoms with van der Waals surface area (Å²) in [6.07, 6.45) is 2.36. The number of carbonyl (C=O) groups excluding carboxylic acids is 2. The molecule has 0 aliphatic carbocycles. The van der Waals surface area contributed by atoms with Gasteiger partial charge in [0, 0.05) is 18.8 Å². The van der Waals surface area contributed by atoms with E-state index < -0.39 is 21.7 Å². The van der Waals surface area contributed by atoms with E-state index in [0.717, 1.165) is 31.5 Å². The van der Waals surface area contributed by atoms with Crippen molar-refractivity contribution >= 4 is 39.1 Å². The number of nitrogens with one attached hydrogen (secondary N) is 2. The van der Waals surface area contributed by atoms with E-state index in [-0.39, 0.29) is 33.0 Å². The fourth-order valence-corrected chi connectivity index (χ4v) is 4.96. The van der Waals surface area contributed by atoms with Crippen molar-refractivity contribution in [3.8, 4) is 0 Å². The van der Waals surface area contributed by atoms with Crippen LogP contribution in [0.5, 0.6) is 0 Å². The molecule has 3 rings (SSSR count). The molecule has 1 aliphatic heterocycles. The number of likely N-dealkylation sites (tertiary alicyclic amines) is 1. The number of piperidine rings is 1. The van der Waals surface area contributed by atoms with E-state index in [4.69, 9.17) is 17.3 Å². The molecule has 0 aromatic heterocycles. The fraction of sp³-hybridized carbons (Fsp3) is 0.364. The number of sulfonamides is 1. The molecule has 1 saturated heterocycles. The van der Waals surface area contributed by atoms with Gasteiger partial charge in [0.15, 0.2) is 0 Å². The lowest BCUT2D eigenvalue weighted by molar-refractivity contribution is -0.123. The van der Waals surface area contributed by atoms with Crippen LogP contribution in [-0.4, -0.2) is 51.3 Å². The monoisotopic (exact) mass is 496 g/mol. The largest absolute Gasteiger partial charge is 0.369 e. The summed E-state index contributed by atoms with van der Waals surface area (Å²) in [5.74, 6) is -1.41. The second-order valence-corrected chi connectivity index (χ2v) is 10.00. The van der Waals surface area contributed by atoms with Crippen molar-refractivity contribution in [3.63, 3.8) is 0 Å². The summed E-state index contributed by atoms with van der Waals surface area (Å²) < 4.78 is 40.7. The van der Waals surface area contributed by atoms with Gasteiger partial charge in [-0.05, 0) is 74.8 Å². The molecule has 0 bridgehead atoms. The highest BCUT2D eigenvalue weighted by Crippen LogP contribution is 2.23. The zero-order chi connectivity index (χ0) is 24.0. The van der Waals surface area contributed by atoms with Crippen LogP contribution in [0, 0.1) is 11.7 Å². The van der Waals surface area contributed by atoms with E-state index in [1.165, 1.54) is 30.3 Å². The molecule has 2 amide bonds. The molecule has 1 heterocycles. The molecule has 11 heteroatoms. The van der Waals surface area contributed by atoms with Gasteiger partial charge in [0.25, 0.3) is 15.9 Å². The second kappa shape index (κ2) is 11.0. The number of benzene rings is 2. The molecular weight excluding hydrogens is 471 g/mol. The van der Waals surface area contributed by atoms with Gasteiger partial charge < -0.3 is 16.0 Å². The van der Waals surface area contributed by atoms with Gasteiger partial charge in [-0.25, -0.2) is 12.8 Å². The zero-order valence-electron chi connectivity index (χ0n) is 17.9. The van der Waals surface area contributed by atoms with Crippen molar-refractivity contribution < 1.29 is 22.4 Å². The number of rotatable bonds is 9. The van der Waals surface area contributed by atoms with Crippen molar-refractivity contribution in [2.75, 3.05) is 30.9 Å². The maximum atomic E-state index is 13.1. The van der Waals surface area contributed by atoms with Crippen LogP contribution in [0.2, 0.25) is 5.02 Å². The van der Waals surface area contributed by atoms with E-state index in [2.05, 4.69) is 14.9 Å². The first-order chi connectivity index (χ1) is 15.7. The number of nitrogens with two attached hydrogens (primary N) is 1. The van der Waals surface area contributed by atoms with E-state index in [1.54, 1.807) is 0 Å². The molecule has 178 valence electrons. The number of hydrogen-bond donors (Lipinski definition) is 3. The number of carbonyl (C=O) groups is 2. The molecule has 0 saturated carbocycles. The smallest absolute Gasteiger partial charge is 0.261 e. The summed E-state index contributed by atoms with van der Waals surface area (Å²) in [7, 11) is -4.01. The van der Waals surface area contributed by atoms with Crippen LogP contribution in [-0.2, 0) is 14.8 Å². The summed E-state index contributed by atoms with van der Waals surface area (Å²) in [6, 6.07) is 8.69. The Morgan fingerprint density at radius 3 is 2.61 bits per heavy atom. The zero-order valence-corrected chi connectivity index (χ0v) is 19.5. The average molecular weight is 497 g/mol. The van der Waals surface area contributed by atoms with E-state index >= 15 is 0 Å². The molecule has 1 fully saturated rings. The Morgan fingerprint density at radius 2 is 1.91 bits per heavy atom. The Balaban J connectivity index is 1.57. The molecular formula is C22H26ClFN4O4S. The van der Waals surface area contributed by atoms with Crippen molar-refractivity contribution in [1.82, 2.24) is 10.2 Å². The Bertz CT molecular complexity index is 1110. The third-order valence-electron chi connectivity index (χ3n) is 5.43. The molecule has 1 aliphatic rings. The first kappa shape index (κ1) is 24.9. The highest BCUT2D eigenvalue weighted by Gasteiger charge is 2.23. The Labute approximate surface area is 197 Å². The maximum absolute atomic E-state index is 13.1. The SMILES string of the molecule is NC(=O)C1CCCN(CCCNC(=O)c2cc(S(=O)(=O)Nc3ccc(F)cc3)ccc2Cl)C1. The molecule has 1 unspecified atom stereocenters. The number of amides is 2. The number of hydrogen-bond acceptors (Lipinski definition) is 5. The average Bonchev–Trinajstić information content (AvgIpc) is 2.78. The van der Waals surface area contributed by atoms with Crippen molar-refractivity contribution in [2.45, 2.75) is 24.2 Å². The number of halogens is 2. The molecule has 0 spiro atoms. The molecule has 2 aromatic rings. The highest BCUT2D eigenvalue weighted by molar-refractivity contribution is 7.92. The molecule has 8 nitrogen and oxygen atoms in total. The summed E-state index contributed by atoms with van der Waals surface area (Å²) in [4.78, 5) is 26.0. The van der Waals surface area contributed by atoms with Gasteiger partial charge in [0.2, 0.25) is 5.91 Å². The standard InChI is InChI=1S/C22H26ClFN4O4S/c23-20-9-8-18(33(31,32)27-17-6-4-16(24)5-7-17)13-19(20)22(30)26-10-2-12-28-11-1-3-15(14-28)21(25)29/h4-9,13,15,27H,1-3,10-12,14H2,(H2,25,29)(H,26,30). The Morgan fingerprint density at radius 1 is 1.18 bits per heavy atom. The van der Waals surface area contributed by atoms with Crippen LogP contribution < -0.4 is 15.8 Å². The lowest BCUT2D eigenvalue weighted by atomic mass is 9.97. The van der Waals surface area contributed by atoms with Gasteiger partial charge in [-0.15, -0.1) is 0 Å². The minimum Gasteiger partial charge on any atom is -0.369 e. The lowest BCUT2D eigenvalue weighted by Crippen LogP contribution is -2.42. The number of nitrogens with zero attached hydrogens (tertiary/aromatic N) is 1. The van der Waals surface area contributed by atoms with Gasteiger partial charge in [-0.2, -0.15) is 0 Å². The highest BCUT2D eigenvalue weighted by atomic mass is 35.5. The molecule has 4 N–H and O–H groups in total. The number of primary amides is 1. The molecule has 2 aromatic carbocycles. The second-order valence-electron chi connectivity index (χ2n) is 7.91. The molecule has 0 radical (unpaired) electrons. The predicted octanol–water partition coefficient (Wildman–Crippen LogP) is 2.60. The topological polar surface area (TPSA) is 122 Å². The lowest BCUT2D eigenvalue weighted by Gasteiger charge is -2.31. The first-order valence-electron chi connectivity index (χ1n) is 10.5. The van der Waals surface area contributed by atoms with Crippen molar-refractivity contribution in [1.29, 1.82) is 0 Å². The summed E-state index contributed by atoms with van der Waals surface area (Å²) in [5, 5.41) is 2.87. The fourth-order valence-electron chi connectivity index (χ4n) is 3.67. The summed E-state index contributed by atoms with van der Waals surface area (Å²) >= 11 is 6.13. The third-order valence-corrected chi connectivity index (χ3v) is 7.14. The Hall–Kier alpha value is -2.69. The van der Waals surface area contributed by atoms with Crippen LogP contribution in [0.4, 0.5) is 10.1 Å². The summed E-state index contributed by atoms with van der Waals surface area (Å²) in [5.41, 5.74) is 5.62. The minimum atomic E-state index is -4.01. The normalized spacial score (nSPS) is 16.8. The third kappa shape index (κ3) is 6.89. The summed E-state index contributed by atoms with van der Waals surface area (Å²) in [6.45, 7) is 2.56. The quantitative estimate of drug-likeness (QED) is 0.461. The van der Waals surface area contributed by atoms with E-state index in [1.807, 2.05) is 0 Å². The minimum absolute atomic E-state index is 0.0328. The van der Waals surface area contributed by atoms with Crippen LogP contribution in [0.1, 0.15) is 29.6 Å². The van der Waals surface area contributed by atoms with Gasteiger partial charge in [0.05, 0.1) is 21.4 Å². The van der Waals surface area contributed by atoms with Crippen LogP contribution in [0.25, 0.3) is 0 Å². The van der Waals surface area contributed by atoms with E-state index in [0.29, 0.717) is 26.1 Å². The number of anilines is 1. The maximum Gasteiger partial charge on any atom is 0.261 e. The van der Waals surface area contributed by atoms with Gasteiger partial charge in [-0.1, -0.05) is 11.6 Å². The van der Waals surface area contributed by atoms with Crippen LogP contribution in [0.15, 0.2) is 47.4 Å². The van der Waals surface area contributed by atoms with Gasteiger partial charge in [-0.3, -0.25) is 14.3 Å². The van der Waals surface area contributed by atoms with Crippen LogP contribution in [0.3, 0.4) is 0 Å². The van der Waals surface area contributed by atoms with Crippen molar-refractivity contribution in [3.05, 3.63) is 58.9 Å². The molecule has 1 atom stereocenters. The molecule has 33 heavy (non-hydrogen) atoms. The predicted molar refractivity (Wildman–Crippen MR) is 124 cm³/mol. The van der Waals surface area contributed by atoms with E-state index in [9.17, 15) is 22.4 Å². The van der Waals surface area contributed by atoms with Gasteiger partial charge in [0.1, 0.15) is 5.82 Å². The van der Waals surface area contributed by atoms with Crippen LogP contribution >= 0.6 is 11.6 Å². The Kier molecular flexibility index (Phi) is 8.28. The first-order valence-corrected chi connectivity index (χ1v) is 12.4. The van der Waals surface area contributed by atoms with Gasteiger partial charge >= 0.3 is 0 Å².